The molecule has 0 N–H and O–H groups in total. The molecule has 0 bridgehead atoms. The van der Waals surface area contributed by atoms with Crippen LogP contribution in [0.15, 0.2) is 47.3 Å². The Balaban J connectivity index is 2.22. The molecule has 0 spiro atoms. The molecule has 21 heavy (non-hydrogen) atoms. The number of aromatic nitrogens is 2. The van der Waals surface area contributed by atoms with Crippen molar-refractivity contribution in [2.75, 3.05) is 0 Å². The van der Waals surface area contributed by atoms with Gasteiger partial charge in [0.25, 0.3) is 5.56 Å². The molecule has 0 aliphatic carbocycles. The molecule has 0 saturated carbocycles. The monoisotopic (exact) mass is 298 g/mol. The zero-order chi connectivity index (χ0) is 15.0. The van der Waals surface area contributed by atoms with Gasteiger partial charge in [-0.05, 0) is 43.7 Å². The van der Waals surface area contributed by atoms with Gasteiger partial charge in [0.1, 0.15) is 0 Å². The summed E-state index contributed by atoms with van der Waals surface area (Å²) < 4.78 is 1.77. The Kier molecular flexibility index (Phi) is 3.52. The van der Waals surface area contributed by atoms with Crippen LogP contribution in [0.25, 0.3) is 10.9 Å². The van der Waals surface area contributed by atoms with Crippen molar-refractivity contribution in [2.45, 2.75) is 20.4 Å². The Labute approximate surface area is 127 Å². The first-order valence-corrected chi connectivity index (χ1v) is 7.14. The van der Waals surface area contributed by atoms with E-state index in [1.54, 1.807) is 10.6 Å². The highest BCUT2D eigenvalue weighted by molar-refractivity contribution is 6.30. The molecule has 4 heteroatoms. The first kappa shape index (κ1) is 13.8. The number of nitrogens with zero attached hydrogens (tertiary/aromatic N) is 2. The Morgan fingerprint density at radius 3 is 2.71 bits per heavy atom. The van der Waals surface area contributed by atoms with Crippen molar-refractivity contribution in [3.63, 3.8) is 0 Å². The molecule has 0 aliphatic heterocycles. The molecule has 106 valence electrons. The van der Waals surface area contributed by atoms with E-state index in [1.165, 1.54) is 0 Å². The van der Waals surface area contributed by atoms with E-state index in [1.807, 2.05) is 50.2 Å². The summed E-state index contributed by atoms with van der Waals surface area (Å²) in [6.07, 6.45) is 0. The van der Waals surface area contributed by atoms with E-state index in [0.29, 0.717) is 11.6 Å². The van der Waals surface area contributed by atoms with Gasteiger partial charge in [0.2, 0.25) is 0 Å². The molecule has 3 nitrogen and oxygen atoms in total. The summed E-state index contributed by atoms with van der Waals surface area (Å²) in [7, 11) is 0. The lowest BCUT2D eigenvalue weighted by atomic mass is 10.1. The van der Waals surface area contributed by atoms with Crippen LogP contribution < -0.4 is 5.56 Å². The number of benzene rings is 1. The average Bonchev–Trinajstić information content (AvgIpc) is 2.42. The Bertz CT molecular complexity index is 884. The molecule has 0 amide bonds. The topological polar surface area (TPSA) is 34.9 Å². The molecule has 3 rings (SSSR count). The molecule has 0 aliphatic rings. The predicted octanol–water partition coefficient (Wildman–Crippen LogP) is 3.72. The maximum atomic E-state index is 12.3. The first-order valence-electron chi connectivity index (χ1n) is 6.77. The van der Waals surface area contributed by atoms with Gasteiger partial charge in [0.15, 0.2) is 0 Å². The van der Waals surface area contributed by atoms with Crippen molar-refractivity contribution >= 4 is 22.5 Å². The van der Waals surface area contributed by atoms with Crippen LogP contribution in [0, 0.1) is 13.8 Å². The summed E-state index contributed by atoms with van der Waals surface area (Å²) in [4.78, 5) is 16.7. The second kappa shape index (κ2) is 5.34. The molecule has 2 heterocycles. The highest BCUT2D eigenvalue weighted by Gasteiger charge is 2.08. The van der Waals surface area contributed by atoms with Crippen LogP contribution in [0.5, 0.6) is 0 Å². The van der Waals surface area contributed by atoms with Gasteiger partial charge in [0, 0.05) is 27.9 Å². The van der Waals surface area contributed by atoms with Crippen LogP contribution >= 0.6 is 11.6 Å². The van der Waals surface area contributed by atoms with E-state index in [-0.39, 0.29) is 5.56 Å². The van der Waals surface area contributed by atoms with Crippen molar-refractivity contribution in [1.82, 2.24) is 9.55 Å². The second-order valence-electron chi connectivity index (χ2n) is 5.17. The number of aryl methyl sites for hydroxylation is 2. The van der Waals surface area contributed by atoms with Crippen LogP contribution in [-0.4, -0.2) is 9.55 Å². The molecule has 0 atom stereocenters. The number of halogens is 1. The highest BCUT2D eigenvalue weighted by Crippen LogP contribution is 2.18. The molecule has 0 saturated heterocycles. The SMILES string of the molecule is Cc1cc2c(ccc(=O)n2Cc2cccc(Cl)c2)c(C)n1. The molecule has 0 radical (unpaired) electrons. The predicted molar refractivity (Wildman–Crippen MR) is 86.0 cm³/mol. The lowest BCUT2D eigenvalue weighted by molar-refractivity contribution is 0.792. The smallest absolute Gasteiger partial charge is 0.251 e. The third-order valence-electron chi connectivity index (χ3n) is 3.53. The van der Waals surface area contributed by atoms with Gasteiger partial charge in [-0.2, -0.15) is 0 Å². The quantitative estimate of drug-likeness (QED) is 0.723. The van der Waals surface area contributed by atoms with Gasteiger partial charge in [0.05, 0.1) is 12.1 Å². The third-order valence-corrected chi connectivity index (χ3v) is 3.77. The maximum Gasteiger partial charge on any atom is 0.251 e. The van der Waals surface area contributed by atoms with Crippen molar-refractivity contribution in [3.05, 3.63) is 74.8 Å². The van der Waals surface area contributed by atoms with Gasteiger partial charge in [-0.1, -0.05) is 23.7 Å². The third kappa shape index (κ3) is 2.69. The van der Waals surface area contributed by atoms with Crippen LogP contribution in [-0.2, 0) is 6.54 Å². The van der Waals surface area contributed by atoms with Crippen LogP contribution in [0.3, 0.4) is 0 Å². The van der Waals surface area contributed by atoms with Gasteiger partial charge in [-0.25, -0.2) is 0 Å². The Morgan fingerprint density at radius 1 is 1.14 bits per heavy atom. The first-order chi connectivity index (χ1) is 10.0. The van der Waals surface area contributed by atoms with Gasteiger partial charge in [-0.3, -0.25) is 9.78 Å². The highest BCUT2D eigenvalue weighted by atomic mass is 35.5. The lowest BCUT2D eigenvalue weighted by Crippen LogP contribution is -2.20. The zero-order valence-electron chi connectivity index (χ0n) is 11.9. The molecule has 0 fully saturated rings. The lowest BCUT2D eigenvalue weighted by Gasteiger charge is -2.12. The fraction of sp³-hybridized carbons (Fsp3) is 0.176. The molecular weight excluding hydrogens is 284 g/mol. The maximum absolute atomic E-state index is 12.3. The van der Waals surface area contributed by atoms with Crippen molar-refractivity contribution < 1.29 is 0 Å². The van der Waals surface area contributed by atoms with E-state index < -0.39 is 0 Å². The standard InChI is InChI=1S/C17H15ClN2O/c1-11-8-16-15(12(2)19-11)6-7-17(21)20(16)10-13-4-3-5-14(18)9-13/h3-9H,10H2,1-2H3. The van der Waals surface area contributed by atoms with Gasteiger partial charge in [-0.15, -0.1) is 0 Å². The van der Waals surface area contributed by atoms with E-state index >= 15 is 0 Å². The Morgan fingerprint density at radius 2 is 1.95 bits per heavy atom. The van der Waals surface area contributed by atoms with E-state index in [2.05, 4.69) is 4.98 Å². The van der Waals surface area contributed by atoms with Crippen molar-refractivity contribution in [1.29, 1.82) is 0 Å². The number of rotatable bonds is 2. The fourth-order valence-corrected chi connectivity index (χ4v) is 2.80. The summed E-state index contributed by atoms with van der Waals surface area (Å²) in [5.41, 5.74) is 3.74. The number of fused-ring (bicyclic) bond motifs is 1. The average molecular weight is 299 g/mol. The largest absolute Gasteiger partial charge is 0.304 e. The van der Waals surface area contributed by atoms with Crippen LogP contribution in [0.2, 0.25) is 5.02 Å². The summed E-state index contributed by atoms with van der Waals surface area (Å²) in [5.74, 6) is 0. The van der Waals surface area contributed by atoms with E-state index in [0.717, 1.165) is 27.9 Å². The number of pyridine rings is 2. The van der Waals surface area contributed by atoms with Crippen LogP contribution in [0.1, 0.15) is 17.0 Å². The van der Waals surface area contributed by atoms with Crippen LogP contribution in [0.4, 0.5) is 0 Å². The minimum atomic E-state index is -0.0209. The molecule has 2 aromatic heterocycles. The van der Waals surface area contributed by atoms with Crippen molar-refractivity contribution in [2.24, 2.45) is 0 Å². The summed E-state index contributed by atoms with van der Waals surface area (Å²) in [6.45, 7) is 4.40. The van der Waals surface area contributed by atoms with E-state index in [4.69, 9.17) is 11.6 Å². The number of hydrogen-bond donors (Lipinski definition) is 0. The van der Waals surface area contributed by atoms with Gasteiger partial charge < -0.3 is 4.57 Å². The Hall–Kier alpha value is -2.13. The van der Waals surface area contributed by atoms with E-state index in [9.17, 15) is 4.79 Å². The minimum absolute atomic E-state index is 0.0209. The minimum Gasteiger partial charge on any atom is -0.304 e. The summed E-state index contributed by atoms with van der Waals surface area (Å²) in [5, 5.41) is 1.68. The number of hydrogen-bond acceptors (Lipinski definition) is 2. The summed E-state index contributed by atoms with van der Waals surface area (Å²) >= 11 is 6.02. The molecule has 3 aromatic rings. The molecule has 1 aromatic carbocycles. The zero-order valence-corrected chi connectivity index (χ0v) is 12.7. The normalized spacial score (nSPS) is 11.0. The second-order valence-corrected chi connectivity index (χ2v) is 5.61. The van der Waals surface area contributed by atoms with Crippen molar-refractivity contribution in [3.8, 4) is 0 Å². The molecular formula is C17H15ClN2O. The fourth-order valence-electron chi connectivity index (χ4n) is 2.59. The summed E-state index contributed by atoms with van der Waals surface area (Å²) in [6, 6.07) is 13.0. The molecule has 0 unspecified atom stereocenters. The van der Waals surface area contributed by atoms with Gasteiger partial charge >= 0.3 is 0 Å².